The van der Waals surface area contributed by atoms with E-state index in [4.69, 9.17) is 23.7 Å². The number of cyclic esters (lactones) is 1. The molecule has 0 amide bonds. The zero-order chi connectivity index (χ0) is 42.0. The number of hydrogen-bond acceptors (Lipinski definition) is 12. The summed E-state index contributed by atoms with van der Waals surface area (Å²) < 4.78 is 30.3. The quantitative estimate of drug-likeness (QED) is 0.137. The topological polar surface area (TPSA) is 185 Å². The van der Waals surface area contributed by atoms with Crippen LogP contribution in [-0.4, -0.2) is 117 Å². The third-order valence-electron chi connectivity index (χ3n) is 12.2. The Labute approximate surface area is 334 Å². The highest BCUT2D eigenvalue weighted by molar-refractivity contribution is 5.87. The van der Waals surface area contributed by atoms with Crippen LogP contribution in [0.4, 0.5) is 0 Å². The fourth-order valence-corrected chi connectivity index (χ4v) is 8.44. The highest BCUT2D eigenvalue weighted by Crippen LogP contribution is 2.37. The fraction of sp³-hybridized carbons (Fsp3) is 0.750. The highest BCUT2D eigenvalue weighted by Gasteiger charge is 2.45. The van der Waals surface area contributed by atoms with Gasteiger partial charge in [0.05, 0.1) is 55.9 Å². The van der Waals surface area contributed by atoms with Gasteiger partial charge in [0.2, 0.25) is 5.76 Å². The Balaban J connectivity index is 1.94. The minimum absolute atomic E-state index is 0.0966. The molecular formula is C44H72O12. The number of carbonyl (C=O) groups excluding carboxylic acids is 1. The van der Waals surface area contributed by atoms with E-state index in [1.807, 2.05) is 72.8 Å². The largest absolute Gasteiger partial charge is 0.490 e. The summed E-state index contributed by atoms with van der Waals surface area (Å²) in [5, 5.41) is 66.7. The van der Waals surface area contributed by atoms with Crippen LogP contribution in [0.15, 0.2) is 59.4 Å². The molecular weight excluding hydrogens is 720 g/mol. The van der Waals surface area contributed by atoms with Gasteiger partial charge < -0.3 is 54.3 Å². The van der Waals surface area contributed by atoms with Gasteiger partial charge in [-0.3, -0.25) is 0 Å². The molecule has 18 atom stereocenters. The third-order valence-corrected chi connectivity index (χ3v) is 12.2. The van der Waals surface area contributed by atoms with E-state index < -0.39 is 79.0 Å². The van der Waals surface area contributed by atoms with Gasteiger partial charge in [0.15, 0.2) is 6.29 Å². The Morgan fingerprint density at radius 1 is 0.964 bits per heavy atom. The monoisotopic (exact) mass is 793 g/mol. The molecule has 0 bridgehead atoms. The Bertz CT molecular complexity index is 1380. The number of aliphatic hydroxyl groups is 6. The maximum absolute atomic E-state index is 13.7. The molecule has 12 nitrogen and oxygen atoms in total. The van der Waals surface area contributed by atoms with Crippen LogP contribution >= 0.6 is 0 Å². The molecule has 0 unspecified atom stereocenters. The second-order valence-electron chi connectivity index (χ2n) is 16.7. The van der Waals surface area contributed by atoms with Gasteiger partial charge in [0.1, 0.15) is 18.3 Å². The lowest BCUT2D eigenvalue weighted by Gasteiger charge is -2.45. The van der Waals surface area contributed by atoms with Crippen molar-refractivity contribution in [3.63, 3.8) is 0 Å². The van der Waals surface area contributed by atoms with Gasteiger partial charge in [-0.1, -0.05) is 89.1 Å². The van der Waals surface area contributed by atoms with Gasteiger partial charge in [0, 0.05) is 42.4 Å². The molecule has 2 fully saturated rings. The van der Waals surface area contributed by atoms with Crippen LogP contribution < -0.4 is 0 Å². The summed E-state index contributed by atoms with van der Waals surface area (Å²) >= 11 is 0. The Kier molecular flexibility index (Phi) is 18.9. The Morgan fingerprint density at radius 3 is 2.25 bits per heavy atom. The van der Waals surface area contributed by atoms with Crippen LogP contribution in [0.2, 0.25) is 0 Å². The van der Waals surface area contributed by atoms with Crippen molar-refractivity contribution < 1.29 is 59.1 Å². The van der Waals surface area contributed by atoms with Crippen molar-refractivity contribution in [3.05, 3.63) is 59.4 Å². The van der Waals surface area contributed by atoms with E-state index in [9.17, 15) is 35.4 Å². The summed E-state index contributed by atoms with van der Waals surface area (Å²) in [5.41, 5.74) is 1.58. The molecule has 12 heteroatoms. The average Bonchev–Trinajstić information content (AvgIpc) is 3.15. The van der Waals surface area contributed by atoms with Crippen LogP contribution in [0.3, 0.4) is 0 Å². The van der Waals surface area contributed by atoms with Crippen LogP contribution in [0.1, 0.15) is 94.9 Å². The zero-order valence-electron chi connectivity index (χ0n) is 35.4. The van der Waals surface area contributed by atoms with Gasteiger partial charge in [-0.05, 0) is 52.5 Å². The van der Waals surface area contributed by atoms with Crippen LogP contribution in [-0.2, 0) is 28.5 Å². The second-order valence-corrected chi connectivity index (χ2v) is 16.7. The molecule has 3 aliphatic rings. The van der Waals surface area contributed by atoms with Gasteiger partial charge in [-0.25, -0.2) is 4.79 Å². The summed E-state index contributed by atoms with van der Waals surface area (Å²) in [5.74, 6) is -3.23. The summed E-state index contributed by atoms with van der Waals surface area (Å²) in [6, 6.07) is 0. The molecule has 0 aromatic rings. The maximum Gasteiger partial charge on any atom is 0.373 e. The number of methoxy groups -OCH3 is 1. The first-order chi connectivity index (χ1) is 26.3. The summed E-state index contributed by atoms with van der Waals surface area (Å²) in [7, 11) is 1.34. The number of esters is 1. The SMILES string of the molecule is C/C=C/[C@H]1O[C@@H]([C@@H](C)[C@H](O)[C@H](C)[C@H]2OC(=O)/C(OC)=C/C(C)=C/[C@@H](C)[C@@H](O)[C@@H](CC)[C@@H](O)[C@H](C)C/C(C)=C/C=C/[C@@H]2O)C[C@@H](O[C@@H]2C[C@H](O)[C@@H](O)[C@H](C)O2)[C@@H]1C. The molecule has 0 saturated carbocycles. The summed E-state index contributed by atoms with van der Waals surface area (Å²) in [6.45, 7) is 18.6. The van der Waals surface area contributed by atoms with E-state index in [0.29, 0.717) is 24.8 Å². The minimum atomic E-state index is -1.32. The molecule has 320 valence electrons. The highest BCUT2D eigenvalue weighted by atomic mass is 16.7. The van der Waals surface area contributed by atoms with E-state index in [1.54, 1.807) is 26.8 Å². The van der Waals surface area contributed by atoms with E-state index in [2.05, 4.69) is 0 Å². The zero-order valence-corrected chi connectivity index (χ0v) is 35.4. The smallest absolute Gasteiger partial charge is 0.373 e. The van der Waals surface area contributed by atoms with E-state index >= 15 is 0 Å². The number of aliphatic hydroxyl groups excluding tert-OH is 6. The molecule has 0 spiro atoms. The van der Waals surface area contributed by atoms with Crippen LogP contribution in [0.5, 0.6) is 0 Å². The molecule has 0 aromatic heterocycles. The predicted molar refractivity (Wildman–Crippen MR) is 214 cm³/mol. The maximum atomic E-state index is 13.7. The van der Waals surface area contributed by atoms with Gasteiger partial charge in [-0.2, -0.15) is 0 Å². The van der Waals surface area contributed by atoms with E-state index in [0.717, 1.165) is 5.57 Å². The molecule has 6 N–H and O–H groups in total. The summed E-state index contributed by atoms with van der Waals surface area (Å²) in [6.07, 6.45) is 4.07. The van der Waals surface area contributed by atoms with Crippen molar-refractivity contribution >= 4 is 5.97 Å². The lowest BCUT2D eigenvalue weighted by Crippen LogP contribution is -2.53. The first-order valence-corrected chi connectivity index (χ1v) is 20.5. The normalized spacial score (nSPS) is 43.7. The van der Waals surface area contributed by atoms with E-state index in [-0.39, 0.29) is 48.1 Å². The lowest BCUT2D eigenvalue weighted by atomic mass is 9.79. The van der Waals surface area contributed by atoms with Crippen LogP contribution in [0, 0.1) is 35.5 Å². The number of hydrogen-bond donors (Lipinski definition) is 6. The number of rotatable bonds is 9. The van der Waals surface area contributed by atoms with Crippen LogP contribution in [0.25, 0.3) is 0 Å². The molecule has 0 radical (unpaired) electrons. The first kappa shape index (κ1) is 48.0. The second kappa shape index (κ2) is 22.1. The van der Waals surface area contributed by atoms with Crippen molar-refractivity contribution in [2.75, 3.05) is 7.11 Å². The molecule has 3 rings (SSSR count). The lowest BCUT2D eigenvalue weighted by molar-refractivity contribution is -0.280. The number of carbonyl (C=O) groups is 1. The summed E-state index contributed by atoms with van der Waals surface area (Å²) in [4.78, 5) is 13.7. The van der Waals surface area contributed by atoms with Crippen molar-refractivity contribution in [1.29, 1.82) is 0 Å². The molecule has 3 heterocycles. The standard InChI is InChI=1S/C44H72O12/c1-12-15-34-27(7)35(55-38-21-33(46)42(50)30(10)53-38)22-36(54-34)28(8)41(49)29(9)43-32(45)17-14-16-23(3)18-25(5)39(47)31(13-2)40(48)26(6)19-24(4)20-37(52-11)44(51)56-43/h12,14-17,19-20,25-36,38-43,45-50H,13,18,21-22H2,1-11H3/b15-12+,17-14+,23-16+,24-19+,37-20-/t25-,26-,27-,28-,29+,30+,31+,32+,33+,34-,35-,36-,38-,39+,40-,41+,42+,43-/m1/s1. The predicted octanol–water partition coefficient (Wildman–Crippen LogP) is 4.91. The molecule has 56 heavy (non-hydrogen) atoms. The van der Waals surface area contributed by atoms with Crippen molar-refractivity contribution in [1.82, 2.24) is 0 Å². The Hall–Kier alpha value is -2.39. The first-order valence-electron chi connectivity index (χ1n) is 20.5. The van der Waals surface area contributed by atoms with Crippen molar-refractivity contribution in [2.24, 2.45) is 35.5 Å². The van der Waals surface area contributed by atoms with Crippen molar-refractivity contribution in [2.45, 2.75) is 168 Å². The molecule has 3 aliphatic heterocycles. The van der Waals surface area contributed by atoms with Gasteiger partial charge in [0.25, 0.3) is 0 Å². The molecule has 2 saturated heterocycles. The number of ether oxygens (including phenoxy) is 5. The molecule has 0 aromatic carbocycles. The number of allylic oxidation sites excluding steroid dienone is 6. The van der Waals surface area contributed by atoms with E-state index in [1.165, 1.54) is 19.3 Å². The van der Waals surface area contributed by atoms with Crippen molar-refractivity contribution in [3.8, 4) is 0 Å². The van der Waals surface area contributed by atoms with Gasteiger partial charge >= 0.3 is 5.97 Å². The average molecular weight is 793 g/mol. The Morgan fingerprint density at radius 2 is 1.64 bits per heavy atom. The molecule has 0 aliphatic carbocycles. The minimum Gasteiger partial charge on any atom is -0.490 e. The third kappa shape index (κ3) is 12.6. The fourth-order valence-electron chi connectivity index (χ4n) is 8.44. The van der Waals surface area contributed by atoms with Gasteiger partial charge in [-0.15, -0.1) is 0 Å².